The zero-order valence-electron chi connectivity index (χ0n) is 12.5. The Morgan fingerprint density at radius 1 is 1.24 bits per heavy atom. The number of nitrogens with one attached hydrogen (secondary N) is 3. The quantitative estimate of drug-likeness (QED) is 0.724. The average molecular weight is 309 g/mol. The van der Waals surface area contributed by atoms with Gasteiger partial charge in [0.15, 0.2) is 5.41 Å². The summed E-state index contributed by atoms with van der Waals surface area (Å²) in [5.41, 5.74) is -2.79. The monoisotopic (exact) mass is 309 g/mol. The van der Waals surface area contributed by atoms with Crippen molar-refractivity contribution >= 4 is 11.8 Å². The van der Waals surface area contributed by atoms with Crippen LogP contribution in [-0.2, 0) is 9.59 Å². The molecule has 8 heteroatoms. The van der Waals surface area contributed by atoms with Gasteiger partial charge in [-0.3, -0.25) is 9.59 Å². The van der Waals surface area contributed by atoms with Crippen LogP contribution in [0.15, 0.2) is 0 Å². The van der Waals surface area contributed by atoms with E-state index in [1.807, 2.05) is 0 Å². The number of rotatable bonds is 4. The Morgan fingerprint density at radius 2 is 1.86 bits per heavy atom. The molecule has 1 fully saturated rings. The second-order valence-corrected chi connectivity index (χ2v) is 6.31. The fourth-order valence-electron chi connectivity index (χ4n) is 2.20. The van der Waals surface area contributed by atoms with Gasteiger partial charge in [-0.1, -0.05) is 0 Å². The van der Waals surface area contributed by atoms with E-state index in [0.717, 1.165) is 0 Å². The first kappa shape index (κ1) is 17.7. The Labute approximate surface area is 122 Å². The van der Waals surface area contributed by atoms with E-state index in [4.69, 9.17) is 0 Å². The van der Waals surface area contributed by atoms with Crippen molar-refractivity contribution in [2.24, 2.45) is 5.41 Å². The molecule has 0 aromatic heterocycles. The lowest BCUT2D eigenvalue weighted by molar-refractivity contribution is -0.215. The molecular formula is C13H22F3N3O2. The first-order valence-corrected chi connectivity index (χ1v) is 6.85. The Bertz CT molecular complexity index is 396. The SMILES string of the molecule is CC(C)(C)NC(=O)CCNC(=O)C1(C(F)(F)F)CCNC1. The average Bonchev–Trinajstić information content (AvgIpc) is 2.75. The zero-order chi connectivity index (χ0) is 16.3. The van der Waals surface area contributed by atoms with E-state index in [2.05, 4.69) is 16.0 Å². The molecule has 1 saturated heterocycles. The highest BCUT2D eigenvalue weighted by Crippen LogP contribution is 2.43. The van der Waals surface area contributed by atoms with Gasteiger partial charge < -0.3 is 16.0 Å². The van der Waals surface area contributed by atoms with Gasteiger partial charge in [-0.2, -0.15) is 13.2 Å². The smallest absolute Gasteiger partial charge is 0.355 e. The van der Waals surface area contributed by atoms with Gasteiger partial charge in [0.1, 0.15) is 0 Å². The standard InChI is InChI=1S/C13H22F3N3O2/c1-11(2,3)19-9(20)4-6-18-10(21)12(13(14,15)16)5-7-17-8-12/h17H,4-8H2,1-3H3,(H,18,21)(H,19,20). The van der Waals surface area contributed by atoms with Gasteiger partial charge in [0, 0.05) is 25.0 Å². The number of alkyl halides is 3. The van der Waals surface area contributed by atoms with E-state index < -0.39 is 29.6 Å². The molecule has 0 aliphatic carbocycles. The van der Waals surface area contributed by atoms with Crippen molar-refractivity contribution in [1.82, 2.24) is 16.0 Å². The highest BCUT2D eigenvalue weighted by atomic mass is 19.4. The topological polar surface area (TPSA) is 70.2 Å². The summed E-state index contributed by atoms with van der Waals surface area (Å²) in [7, 11) is 0. The van der Waals surface area contributed by atoms with Crippen LogP contribution in [0.5, 0.6) is 0 Å². The number of hydrogen-bond donors (Lipinski definition) is 3. The van der Waals surface area contributed by atoms with E-state index in [1.54, 1.807) is 20.8 Å². The summed E-state index contributed by atoms with van der Waals surface area (Å²) >= 11 is 0. The van der Waals surface area contributed by atoms with Crippen molar-refractivity contribution in [2.45, 2.75) is 45.3 Å². The molecule has 1 heterocycles. The first-order valence-electron chi connectivity index (χ1n) is 6.85. The first-order chi connectivity index (χ1) is 9.48. The molecule has 1 atom stereocenters. The minimum atomic E-state index is -4.60. The van der Waals surface area contributed by atoms with Crippen molar-refractivity contribution in [2.75, 3.05) is 19.6 Å². The number of halogens is 3. The number of carbonyl (C=O) groups excluding carboxylic acids is 2. The molecule has 5 nitrogen and oxygen atoms in total. The molecule has 0 aromatic rings. The van der Waals surface area contributed by atoms with Crippen LogP contribution in [0.4, 0.5) is 13.2 Å². The second kappa shape index (κ2) is 6.21. The van der Waals surface area contributed by atoms with Gasteiger partial charge >= 0.3 is 6.18 Å². The van der Waals surface area contributed by atoms with Gasteiger partial charge in [-0.15, -0.1) is 0 Å². The van der Waals surface area contributed by atoms with Crippen LogP contribution in [0.1, 0.15) is 33.6 Å². The maximum absolute atomic E-state index is 13.1. The summed E-state index contributed by atoms with van der Waals surface area (Å²) in [6.45, 7) is 5.01. The molecule has 2 amide bonds. The molecule has 3 N–H and O–H groups in total. The van der Waals surface area contributed by atoms with Gasteiger partial charge in [-0.25, -0.2) is 0 Å². The van der Waals surface area contributed by atoms with Gasteiger partial charge in [0.25, 0.3) is 0 Å². The van der Waals surface area contributed by atoms with E-state index >= 15 is 0 Å². The maximum Gasteiger partial charge on any atom is 0.404 e. The van der Waals surface area contributed by atoms with Crippen molar-refractivity contribution in [1.29, 1.82) is 0 Å². The lowest BCUT2D eigenvalue weighted by Gasteiger charge is -2.29. The van der Waals surface area contributed by atoms with Gasteiger partial charge in [-0.05, 0) is 33.7 Å². The number of amides is 2. The maximum atomic E-state index is 13.1. The highest BCUT2D eigenvalue weighted by Gasteiger charge is 2.61. The molecular weight excluding hydrogens is 287 g/mol. The van der Waals surface area contributed by atoms with Crippen LogP contribution in [0.3, 0.4) is 0 Å². The molecule has 0 spiro atoms. The summed E-state index contributed by atoms with van der Waals surface area (Å²) < 4.78 is 39.3. The van der Waals surface area contributed by atoms with Crippen LogP contribution in [0.25, 0.3) is 0 Å². The van der Waals surface area contributed by atoms with Gasteiger partial charge in [0.2, 0.25) is 11.8 Å². The third kappa shape index (κ3) is 4.59. The normalized spacial score (nSPS) is 23.0. The van der Waals surface area contributed by atoms with E-state index in [-0.39, 0.29) is 31.8 Å². The zero-order valence-corrected chi connectivity index (χ0v) is 12.5. The molecule has 1 unspecified atom stereocenters. The fraction of sp³-hybridized carbons (Fsp3) is 0.846. The van der Waals surface area contributed by atoms with Crippen LogP contribution in [-0.4, -0.2) is 43.2 Å². The van der Waals surface area contributed by atoms with Crippen molar-refractivity contribution < 1.29 is 22.8 Å². The minimum Gasteiger partial charge on any atom is -0.355 e. The van der Waals surface area contributed by atoms with Gasteiger partial charge in [0.05, 0.1) is 0 Å². The third-order valence-corrected chi connectivity index (χ3v) is 3.28. The summed E-state index contributed by atoms with van der Waals surface area (Å²) in [4.78, 5) is 23.4. The molecule has 0 radical (unpaired) electrons. The largest absolute Gasteiger partial charge is 0.404 e. The number of hydrogen-bond acceptors (Lipinski definition) is 3. The Kier molecular flexibility index (Phi) is 5.25. The lowest BCUT2D eigenvalue weighted by atomic mass is 9.85. The third-order valence-electron chi connectivity index (χ3n) is 3.28. The predicted octanol–water partition coefficient (Wildman–Crippen LogP) is 0.949. The lowest BCUT2D eigenvalue weighted by Crippen LogP contribution is -2.52. The number of carbonyl (C=O) groups is 2. The van der Waals surface area contributed by atoms with E-state index in [9.17, 15) is 22.8 Å². The summed E-state index contributed by atoms with van der Waals surface area (Å²) in [5.74, 6) is -1.38. The molecule has 1 aliphatic rings. The highest BCUT2D eigenvalue weighted by molar-refractivity contribution is 5.85. The van der Waals surface area contributed by atoms with Crippen LogP contribution in [0, 0.1) is 5.41 Å². The molecule has 122 valence electrons. The van der Waals surface area contributed by atoms with Crippen LogP contribution < -0.4 is 16.0 Å². The molecule has 0 saturated carbocycles. The predicted molar refractivity (Wildman–Crippen MR) is 71.5 cm³/mol. The van der Waals surface area contributed by atoms with Crippen molar-refractivity contribution in [3.8, 4) is 0 Å². The van der Waals surface area contributed by atoms with E-state index in [1.165, 1.54) is 0 Å². The van der Waals surface area contributed by atoms with Crippen LogP contribution >= 0.6 is 0 Å². The molecule has 1 aliphatic heterocycles. The molecule has 0 bridgehead atoms. The Balaban J connectivity index is 2.51. The summed E-state index contributed by atoms with van der Waals surface area (Å²) in [5, 5.41) is 7.48. The summed E-state index contributed by atoms with van der Waals surface area (Å²) in [6.07, 6.45) is -4.94. The summed E-state index contributed by atoms with van der Waals surface area (Å²) in [6, 6.07) is 0. The van der Waals surface area contributed by atoms with Crippen LogP contribution in [0.2, 0.25) is 0 Å². The minimum absolute atomic E-state index is 0.0512. The Morgan fingerprint density at radius 3 is 2.29 bits per heavy atom. The van der Waals surface area contributed by atoms with Crippen molar-refractivity contribution in [3.05, 3.63) is 0 Å². The molecule has 0 aromatic carbocycles. The second-order valence-electron chi connectivity index (χ2n) is 6.31. The van der Waals surface area contributed by atoms with Crippen molar-refractivity contribution in [3.63, 3.8) is 0 Å². The van der Waals surface area contributed by atoms with E-state index in [0.29, 0.717) is 0 Å². The molecule has 21 heavy (non-hydrogen) atoms. The fourth-order valence-corrected chi connectivity index (χ4v) is 2.20. The Hall–Kier alpha value is -1.31. The molecule has 1 rings (SSSR count).